The third-order valence-electron chi connectivity index (χ3n) is 4.14. The highest BCUT2D eigenvalue weighted by molar-refractivity contribution is 6.30. The number of amides is 1. The second-order valence-corrected chi connectivity index (χ2v) is 6.24. The van der Waals surface area contributed by atoms with E-state index in [-0.39, 0.29) is 11.7 Å². The second-order valence-electron chi connectivity index (χ2n) is 5.81. The van der Waals surface area contributed by atoms with Crippen molar-refractivity contribution in [3.05, 3.63) is 28.8 Å². The smallest absolute Gasteiger partial charge is 0.257 e. The van der Waals surface area contributed by atoms with Crippen molar-refractivity contribution in [2.75, 3.05) is 19.6 Å². The molecule has 0 spiro atoms. The Hall–Kier alpha value is -1.26. The van der Waals surface area contributed by atoms with Crippen LogP contribution in [0.4, 0.5) is 0 Å². The summed E-state index contributed by atoms with van der Waals surface area (Å²) in [7, 11) is 0. The minimum atomic E-state index is -0.119. The molecular weight excluding hydrogens is 288 g/mol. The summed E-state index contributed by atoms with van der Waals surface area (Å²) >= 11 is 5.82. The van der Waals surface area contributed by atoms with E-state index in [1.165, 1.54) is 6.07 Å². The number of hydrogen-bond donors (Lipinski definition) is 1. The minimum Gasteiger partial charge on any atom is -0.507 e. The average Bonchev–Trinajstić information content (AvgIpc) is 2.45. The number of phenols is 1. The van der Waals surface area contributed by atoms with Crippen LogP contribution in [0.2, 0.25) is 5.02 Å². The Morgan fingerprint density at radius 1 is 1.43 bits per heavy atom. The Morgan fingerprint density at radius 3 is 2.71 bits per heavy atom. The summed E-state index contributed by atoms with van der Waals surface area (Å²) in [4.78, 5) is 16.8. The molecule has 1 atom stereocenters. The molecule has 2 rings (SSSR count). The number of halogens is 1. The molecule has 4 nitrogen and oxygen atoms in total. The van der Waals surface area contributed by atoms with Crippen molar-refractivity contribution in [2.24, 2.45) is 0 Å². The fraction of sp³-hybridized carbons (Fsp3) is 0.562. The van der Waals surface area contributed by atoms with E-state index in [1.54, 1.807) is 12.1 Å². The lowest BCUT2D eigenvalue weighted by Crippen LogP contribution is -2.56. The summed E-state index contributed by atoms with van der Waals surface area (Å²) in [5.41, 5.74) is 0.326. The predicted molar refractivity (Wildman–Crippen MR) is 84.9 cm³/mol. The number of aromatic hydroxyl groups is 1. The van der Waals surface area contributed by atoms with Gasteiger partial charge in [-0.15, -0.1) is 0 Å². The van der Waals surface area contributed by atoms with Crippen LogP contribution in [0, 0.1) is 0 Å². The van der Waals surface area contributed by atoms with Gasteiger partial charge in [0.15, 0.2) is 0 Å². The van der Waals surface area contributed by atoms with E-state index >= 15 is 0 Å². The van der Waals surface area contributed by atoms with E-state index in [0.717, 1.165) is 13.0 Å². The monoisotopic (exact) mass is 310 g/mol. The van der Waals surface area contributed by atoms with Crippen LogP contribution >= 0.6 is 11.6 Å². The Morgan fingerprint density at radius 2 is 2.14 bits per heavy atom. The van der Waals surface area contributed by atoms with Gasteiger partial charge in [-0.25, -0.2) is 0 Å². The molecule has 1 aliphatic heterocycles. The van der Waals surface area contributed by atoms with Gasteiger partial charge in [0, 0.05) is 36.7 Å². The maximum atomic E-state index is 12.6. The number of benzene rings is 1. The van der Waals surface area contributed by atoms with E-state index in [9.17, 15) is 9.90 Å². The molecule has 0 unspecified atom stereocenters. The summed E-state index contributed by atoms with van der Waals surface area (Å²) in [6.45, 7) is 8.78. The first kappa shape index (κ1) is 16.1. The summed E-state index contributed by atoms with van der Waals surface area (Å²) in [6, 6.07) is 5.50. The first-order chi connectivity index (χ1) is 9.93. The number of piperazine rings is 1. The molecule has 1 aliphatic rings. The van der Waals surface area contributed by atoms with Gasteiger partial charge < -0.3 is 10.0 Å². The molecule has 116 valence electrons. The van der Waals surface area contributed by atoms with Gasteiger partial charge in [0.25, 0.3) is 5.91 Å². The van der Waals surface area contributed by atoms with Crippen LogP contribution in [0.3, 0.4) is 0 Å². The second kappa shape index (κ2) is 6.67. The number of nitrogens with zero attached hydrogens (tertiary/aromatic N) is 2. The highest BCUT2D eigenvalue weighted by Gasteiger charge is 2.30. The van der Waals surface area contributed by atoms with Crippen molar-refractivity contribution < 1.29 is 9.90 Å². The van der Waals surface area contributed by atoms with Crippen LogP contribution in [0.15, 0.2) is 18.2 Å². The molecule has 1 N–H and O–H groups in total. The zero-order valence-electron chi connectivity index (χ0n) is 12.8. The Labute approximate surface area is 131 Å². The van der Waals surface area contributed by atoms with Crippen LogP contribution in [0.25, 0.3) is 0 Å². The van der Waals surface area contributed by atoms with Crippen molar-refractivity contribution >= 4 is 17.5 Å². The molecule has 21 heavy (non-hydrogen) atoms. The van der Waals surface area contributed by atoms with E-state index in [4.69, 9.17) is 11.6 Å². The van der Waals surface area contributed by atoms with Gasteiger partial charge in [-0.2, -0.15) is 0 Å². The lowest BCUT2D eigenvalue weighted by atomic mass is 10.1. The Kier molecular flexibility index (Phi) is 5.12. The van der Waals surface area contributed by atoms with Crippen molar-refractivity contribution in [1.82, 2.24) is 9.80 Å². The van der Waals surface area contributed by atoms with Gasteiger partial charge in [0.1, 0.15) is 5.75 Å². The highest BCUT2D eigenvalue weighted by Crippen LogP contribution is 2.25. The van der Waals surface area contributed by atoms with Crippen LogP contribution in [-0.4, -0.2) is 52.5 Å². The molecule has 1 amide bonds. The third kappa shape index (κ3) is 3.50. The molecule has 1 aromatic carbocycles. The van der Waals surface area contributed by atoms with Gasteiger partial charge in [0.05, 0.1) is 5.56 Å². The first-order valence-corrected chi connectivity index (χ1v) is 7.85. The lowest BCUT2D eigenvalue weighted by Gasteiger charge is -2.43. The SMILES string of the molecule is CC[C@@H]1CN(C(=O)c2ccc(Cl)cc2O)CCN1C(C)C. The molecule has 0 aromatic heterocycles. The first-order valence-electron chi connectivity index (χ1n) is 7.47. The quantitative estimate of drug-likeness (QED) is 0.933. The van der Waals surface area contributed by atoms with Crippen LogP contribution in [0.1, 0.15) is 37.6 Å². The molecule has 0 saturated carbocycles. The zero-order valence-corrected chi connectivity index (χ0v) is 13.6. The number of phenolic OH excluding ortho intramolecular Hbond substituents is 1. The largest absolute Gasteiger partial charge is 0.507 e. The molecule has 1 heterocycles. The fourth-order valence-electron chi connectivity index (χ4n) is 2.95. The topological polar surface area (TPSA) is 43.8 Å². The average molecular weight is 311 g/mol. The van der Waals surface area contributed by atoms with Gasteiger partial charge in [-0.3, -0.25) is 9.69 Å². The molecule has 0 bridgehead atoms. The highest BCUT2D eigenvalue weighted by atomic mass is 35.5. The van der Waals surface area contributed by atoms with Crippen molar-refractivity contribution in [3.63, 3.8) is 0 Å². The predicted octanol–water partition coefficient (Wildman–Crippen LogP) is 2.99. The Bertz CT molecular complexity index is 519. The maximum absolute atomic E-state index is 12.6. The lowest BCUT2D eigenvalue weighted by molar-refractivity contribution is 0.0369. The molecule has 5 heteroatoms. The summed E-state index contributed by atoms with van der Waals surface area (Å²) < 4.78 is 0. The zero-order chi connectivity index (χ0) is 15.6. The van der Waals surface area contributed by atoms with Gasteiger partial charge >= 0.3 is 0 Å². The van der Waals surface area contributed by atoms with Gasteiger partial charge in [-0.05, 0) is 38.5 Å². The number of rotatable bonds is 3. The molecule has 0 aliphatic carbocycles. The van der Waals surface area contributed by atoms with E-state index in [1.807, 2.05) is 4.90 Å². The molecule has 1 aromatic rings. The standard InChI is InChI=1S/C16H23ClN2O2/c1-4-13-10-18(7-8-19(13)11(2)3)16(21)14-6-5-12(17)9-15(14)20/h5-6,9,11,13,20H,4,7-8,10H2,1-3H3/t13-/m1/s1. The Balaban J connectivity index is 2.14. The van der Waals surface area contributed by atoms with Crippen LogP contribution < -0.4 is 0 Å². The molecule has 1 fully saturated rings. The summed E-state index contributed by atoms with van der Waals surface area (Å²) in [6.07, 6.45) is 1.01. The molecule has 0 radical (unpaired) electrons. The molecular formula is C16H23ClN2O2. The van der Waals surface area contributed by atoms with Gasteiger partial charge in [-0.1, -0.05) is 18.5 Å². The van der Waals surface area contributed by atoms with Crippen molar-refractivity contribution in [2.45, 2.75) is 39.3 Å². The summed E-state index contributed by atoms with van der Waals surface area (Å²) in [5.74, 6) is -0.169. The maximum Gasteiger partial charge on any atom is 0.257 e. The van der Waals surface area contributed by atoms with E-state index in [2.05, 4.69) is 25.7 Å². The van der Waals surface area contributed by atoms with Crippen LogP contribution in [0.5, 0.6) is 5.75 Å². The van der Waals surface area contributed by atoms with Gasteiger partial charge in [0.2, 0.25) is 0 Å². The molecule has 1 saturated heterocycles. The van der Waals surface area contributed by atoms with E-state index < -0.39 is 0 Å². The minimum absolute atomic E-state index is 0.0492. The van der Waals surface area contributed by atoms with Crippen LogP contribution in [-0.2, 0) is 0 Å². The third-order valence-corrected chi connectivity index (χ3v) is 4.38. The summed E-state index contributed by atoms with van der Waals surface area (Å²) in [5, 5.41) is 10.3. The number of carbonyl (C=O) groups is 1. The van der Waals surface area contributed by atoms with E-state index in [0.29, 0.717) is 35.8 Å². The number of carbonyl (C=O) groups excluding carboxylic acids is 1. The number of hydrogen-bond acceptors (Lipinski definition) is 3. The van der Waals surface area contributed by atoms with Crippen molar-refractivity contribution in [1.29, 1.82) is 0 Å². The normalized spacial score (nSPS) is 20.0. The van der Waals surface area contributed by atoms with Crippen molar-refractivity contribution in [3.8, 4) is 5.75 Å². The fourth-order valence-corrected chi connectivity index (χ4v) is 3.12.